The first-order valence-electron chi connectivity index (χ1n) is 5.97. The SMILES string of the molecule is CCNc1cnc(C(=O)Nc2cn(C)nc2C)cn1. The number of aromatic nitrogens is 4. The van der Waals surface area contributed by atoms with Crippen molar-refractivity contribution in [1.82, 2.24) is 19.7 Å². The van der Waals surface area contributed by atoms with E-state index in [1.807, 2.05) is 13.8 Å². The minimum atomic E-state index is -0.299. The summed E-state index contributed by atoms with van der Waals surface area (Å²) in [5.74, 6) is 0.350. The van der Waals surface area contributed by atoms with E-state index in [9.17, 15) is 4.79 Å². The Morgan fingerprint density at radius 2 is 2.16 bits per heavy atom. The molecule has 0 saturated heterocycles. The predicted octanol–water partition coefficient (Wildman–Crippen LogP) is 1.20. The highest BCUT2D eigenvalue weighted by atomic mass is 16.1. The van der Waals surface area contributed by atoms with Gasteiger partial charge in [0.15, 0.2) is 0 Å². The Morgan fingerprint density at radius 1 is 1.37 bits per heavy atom. The van der Waals surface area contributed by atoms with Crippen molar-refractivity contribution in [3.8, 4) is 0 Å². The summed E-state index contributed by atoms with van der Waals surface area (Å²) in [6.07, 6.45) is 4.72. The maximum atomic E-state index is 12.0. The van der Waals surface area contributed by atoms with Gasteiger partial charge in [-0.25, -0.2) is 9.97 Å². The van der Waals surface area contributed by atoms with Crippen LogP contribution in [-0.2, 0) is 7.05 Å². The monoisotopic (exact) mass is 260 g/mol. The van der Waals surface area contributed by atoms with E-state index >= 15 is 0 Å². The number of rotatable bonds is 4. The van der Waals surface area contributed by atoms with Crippen LogP contribution in [0.15, 0.2) is 18.6 Å². The number of nitrogens with zero attached hydrogens (tertiary/aromatic N) is 4. The number of carbonyl (C=O) groups is 1. The predicted molar refractivity (Wildman–Crippen MR) is 72.1 cm³/mol. The van der Waals surface area contributed by atoms with E-state index in [1.54, 1.807) is 17.9 Å². The smallest absolute Gasteiger partial charge is 0.275 e. The van der Waals surface area contributed by atoms with Crippen LogP contribution in [0.1, 0.15) is 23.1 Å². The molecule has 100 valence electrons. The van der Waals surface area contributed by atoms with Crippen LogP contribution in [-0.4, -0.2) is 32.2 Å². The van der Waals surface area contributed by atoms with Crippen molar-refractivity contribution in [2.45, 2.75) is 13.8 Å². The number of carbonyl (C=O) groups excluding carboxylic acids is 1. The van der Waals surface area contributed by atoms with Gasteiger partial charge in [0.05, 0.1) is 23.8 Å². The Labute approximate surface area is 111 Å². The Balaban J connectivity index is 2.09. The number of aryl methyl sites for hydroxylation is 2. The number of anilines is 2. The van der Waals surface area contributed by atoms with E-state index in [0.29, 0.717) is 11.5 Å². The largest absolute Gasteiger partial charge is 0.369 e. The molecule has 0 radical (unpaired) electrons. The second-order valence-corrected chi connectivity index (χ2v) is 4.07. The van der Waals surface area contributed by atoms with E-state index < -0.39 is 0 Å². The lowest BCUT2D eigenvalue weighted by Crippen LogP contribution is -2.14. The summed E-state index contributed by atoms with van der Waals surface area (Å²) < 4.78 is 1.64. The lowest BCUT2D eigenvalue weighted by Gasteiger charge is -2.04. The van der Waals surface area contributed by atoms with Crippen molar-refractivity contribution >= 4 is 17.4 Å². The molecule has 0 bridgehead atoms. The fourth-order valence-corrected chi connectivity index (χ4v) is 1.63. The molecule has 0 fully saturated rings. The van der Waals surface area contributed by atoms with Gasteiger partial charge in [0, 0.05) is 19.8 Å². The fraction of sp³-hybridized carbons (Fsp3) is 0.333. The molecule has 2 N–H and O–H groups in total. The van der Waals surface area contributed by atoms with Gasteiger partial charge in [-0.15, -0.1) is 0 Å². The van der Waals surface area contributed by atoms with Crippen LogP contribution in [0, 0.1) is 6.92 Å². The third-order valence-corrected chi connectivity index (χ3v) is 2.50. The van der Waals surface area contributed by atoms with Crippen LogP contribution in [0.3, 0.4) is 0 Å². The molecular weight excluding hydrogens is 244 g/mol. The van der Waals surface area contributed by atoms with E-state index in [0.717, 1.165) is 12.2 Å². The molecule has 0 saturated carbocycles. The maximum Gasteiger partial charge on any atom is 0.275 e. The molecule has 0 unspecified atom stereocenters. The molecule has 2 rings (SSSR count). The van der Waals surface area contributed by atoms with Crippen LogP contribution in [0.5, 0.6) is 0 Å². The Bertz CT molecular complexity index is 574. The van der Waals surface area contributed by atoms with Crippen LogP contribution in [0.4, 0.5) is 11.5 Å². The highest BCUT2D eigenvalue weighted by Gasteiger charge is 2.11. The zero-order valence-electron chi connectivity index (χ0n) is 11.1. The Hall–Kier alpha value is -2.44. The van der Waals surface area contributed by atoms with Gasteiger partial charge in [-0.2, -0.15) is 5.10 Å². The van der Waals surface area contributed by atoms with Crippen LogP contribution < -0.4 is 10.6 Å². The molecule has 0 spiro atoms. The standard InChI is InChI=1S/C12H16N6O/c1-4-13-11-6-14-9(5-15-11)12(19)16-10-7-18(3)17-8(10)2/h5-7H,4H2,1-3H3,(H,13,15)(H,16,19). The van der Waals surface area contributed by atoms with Crippen molar-refractivity contribution in [2.75, 3.05) is 17.2 Å². The molecule has 2 aromatic rings. The van der Waals surface area contributed by atoms with E-state index in [-0.39, 0.29) is 11.6 Å². The summed E-state index contributed by atoms with van der Waals surface area (Å²) in [6.45, 7) is 4.55. The second kappa shape index (κ2) is 5.47. The van der Waals surface area contributed by atoms with Gasteiger partial charge in [0.2, 0.25) is 0 Å². The molecule has 1 amide bonds. The summed E-state index contributed by atoms with van der Waals surface area (Å²) in [4.78, 5) is 20.1. The first kappa shape index (κ1) is 13.0. The summed E-state index contributed by atoms with van der Waals surface area (Å²) in [5, 5.41) is 9.92. The zero-order valence-corrected chi connectivity index (χ0v) is 11.1. The number of hydrogen-bond acceptors (Lipinski definition) is 5. The van der Waals surface area contributed by atoms with Gasteiger partial charge in [-0.1, -0.05) is 0 Å². The van der Waals surface area contributed by atoms with E-state index in [4.69, 9.17) is 0 Å². The van der Waals surface area contributed by atoms with Crippen molar-refractivity contribution in [1.29, 1.82) is 0 Å². The van der Waals surface area contributed by atoms with Crippen molar-refractivity contribution in [2.24, 2.45) is 7.05 Å². The molecule has 2 heterocycles. The Morgan fingerprint density at radius 3 is 2.68 bits per heavy atom. The second-order valence-electron chi connectivity index (χ2n) is 4.07. The van der Waals surface area contributed by atoms with Gasteiger partial charge in [-0.3, -0.25) is 9.48 Å². The Kier molecular flexibility index (Phi) is 3.74. The summed E-state index contributed by atoms with van der Waals surface area (Å²) >= 11 is 0. The van der Waals surface area contributed by atoms with Crippen molar-refractivity contribution in [3.63, 3.8) is 0 Å². The molecule has 0 aliphatic rings. The molecule has 19 heavy (non-hydrogen) atoms. The van der Waals surface area contributed by atoms with Gasteiger partial charge >= 0.3 is 0 Å². The van der Waals surface area contributed by atoms with E-state index in [2.05, 4.69) is 25.7 Å². The first-order valence-corrected chi connectivity index (χ1v) is 5.97. The zero-order chi connectivity index (χ0) is 13.8. The summed E-state index contributed by atoms with van der Waals surface area (Å²) in [6, 6.07) is 0. The summed E-state index contributed by atoms with van der Waals surface area (Å²) in [7, 11) is 1.80. The topological polar surface area (TPSA) is 84.7 Å². The lowest BCUT2D eigenvalue weighted by atomic mass is 10.3. The molecule has 7 nitrogen and oxygen atoms in total. The quantitative estimate of drug-likeness (QED) is 0.863. The van der Waals surface area contributed by atoms with E-state index in [1.165, 1.54) is 12.4 Å². The number of nitrogens with one attached hydrogen (secondary N) is 2. The van der Waals surface area contributed by atoms with Gasteiger partial charge in [-0.05, 0) is 13.8 Å². The summed E-state index contributed by atoms with van der Waals surface area (Å²) in [5.41, 5.74) is 1.70. The average molecular weight is 260 g/mol. The van der Waals surface area contributed by atoms with Crippen molar-refractivity contribution in [3.05, 3.63) is 30.0 Å². The average Bonchev–Trinajstić information content (AvgIpc) is 2.69. The van der Waals surface area contributed by atoms with Crippen LogP contribution in [0.2, 0.25) is 0 Å². The third-order valence-electron chi connectivity index (χ3n) is 2.50. The molecule has 0 aliphatic carbocycles. The molecule has 2 aromatic heterocycles. The minimum absolute atomic E-state index is 0.268. The molecule has 0 atom stereocenters. The fourth-order valence-electron chi connectivity index (χ4n) is 1.63. The molecule has 0 aromatic carbocycles. The first-order chi connectivity index (χ1) is 9.10. The van der Waals surface area contributed by atoms with Gasteiger partial charge in [0.1, 0.15) is 11.5 Å². The molecule has 7 heteroatoms. The van der Waals surface area contributed by atoms with Gasteiger partial charge in [0.25, 0.3) is 5.91 Å². The number of hydrogen-bond donors (Lipinski definition) is 2. The minimum Gasteiger partial charge on any atom is -0.369 e. The highest BCUT2D eigenvalue weighted by Crippen LogP contribution is 2.12. The highest BCUT2D eigenvalue weighted by molar-refractivity contribution is 6.02. The molecule has 0 aliphatic heterocycles. The normalized spacial score (nSPS) is 10.3. The van der Waals surface area contributed by atoms with Crippen molar-refractivity contribution < 1.29 is 4.79 Å². The molecular formula is C12H16N6O. The maximum absolute atomic E-state index is 12.0. The van der Waals surface area contributed by atoms with Crippen LogP contribution >= 0.6 is 0 Å². The third kappa shape index (κ3) is 3.06. The number of amides is 1. The van der Waals surface area contributed by atoms with Crippen LogP contribution in [0.25, 0.3) is 0 Å². The lowest BCUT2D eigenvalue weighted by molar-refractivity contribution is 0.102. The van der Waals surface area contributed by atoms with Gasteiger partial charge < -0.3 is 10.6 Å².